The van der Waals surface area contributed by atoms with Gasteiger partial charge in [-0.3, -0.25) is 9.36 Å². The fourth-order valence-corrected chi connectivity index (χ4v) is 2.31. The first-order valence-electron chi connectivity index (χ1n) is 7.21. The highest BCUT2D eigenvalue weighted by Crippen LogP contribution is 2.40. The van der Waals surface area contributed by atoms with Gasteiger partial charge < -0.3 is 4.57 Å². The first-order chi connectivity index (χ1) is 12.5. The predicted octanol–water partition coefficient (Wildman–Crippen LogP) is 4.01. The summed E-state index contributed by atoms with van der Waals surface area (Å²) in [6, 6.07) is 0.692. The Balaban J connectivity index is 2.90. The molecule has 0 aliphatic heterocycles. The van der Waals surface area contributed by atoms with Gasteiger partial charge >= 0.3 is 18.5 Å². The maximum absolute atomic E-state index is 13.2. The van der Waals surface area contributed by atoms with Crippen molar-refractivity contribution in [2.45, 2.75) is 18.5 Å². The number of hydrogen-bond donors (Lipinski definition) is 0. The normalized spacial score (nSPS) is 13.9. The Kier molecular flexibility index (Phi) is 5.17. The lowest BCUT2D eigenvalue weighted by Gasteiger charge is -2.16. The molecule has 13 heteroatoms. The van der Waals surface area contributed by atoms with E-state index in [1.165, 1.54) is 0 Å². The zero-order valence-corrected chi connectivity index (χ0v) is 14.0. The van der Waals surface area contributed by atoms with E-state index in [1.54, 1.807) is 0 Å². The Morgan fingerprint density at radius 1 is 0.786 bits per heavy atom. The molecule has 0 saturated heterocycles. The van der Waals surface area contributed by atoms with Gasteiger partial charge in [-0.15, -0.1) is 0 Å². The highest BCUT2D eigenvalue weighted by Gasteiger charge is 2.38. The van der Waals surface area contributed by atoms with Crippen molar-refractivity contribution in [2.24, 2.45) is 19.1 Å². The van der Waals surface area contributed by atoms with Crippen LogP contribution in [0.1, 0.15) is 16.8 Å². The second-order valence-corrected chi connectivity index (χ2v) is 5.62. The molecular weight excluding hydrogens is 409 g/mol. The van der Waals surface area contributed by atoms with E-state index in [0.717, 1.165) is 14.1 Å². The van der Waals surface area contributed by atoms with E-state index in [9.17, 15) is 44.3 Å². The molecule has 0 fully saturated rings. The molecule has 4 nitrogen and oxygen atoms in total. The zero-order valence-electron chi connectivity index (χ0n) is 14.0. The fourth-order valence-electron chi connectivity index (χ4n) is 2.31. The number of aromatic nitrogens is 2. The quantitative estimate of drug-likeness (QED) is 0.644. The molecule has 2 rings (SSSR count). The largest absolute Gasteiger partial charge is 0.431 e. The number of rotatable bonds is 1. The molecule has 0 radical (unpaired) electrons. The van der Waals surface area contributed by atoms with Crippen LogP contribution in [0.4, 0.5) is 45.2 Å². The van der Waals surface area contributed by atoms with Crippen LogP contribution in [0.15, 0.2) is 34.1 Å². The molecule has 154 valence electrons. The molecule has 1 heterocycles. The molecule has 2 aromatic rings. The van der Waals surface area contributed by atoms with Crippen LogP contribution in [-0.2, 0) is 32.6 Å². The van der Waals surface area contributed by atoms with E-state index in [1.807, 2.05) is 0 Å². The maximum Gasteiger partial charge on any atom is 0.431 e. The number of nitrogens with zero attached hydrogens (tertiary/aromatic N) is 3. The summed E-state index contributed by atoms with van der Waals surface area (Å²) in [6.07, 6.45) is -15.4. The van der Waals surface area contributed by atoms with E-state index in [4.69, 9.17) is 0 Å². The van der Waals surface area contributed by atoms with Crippen molar-refractivity contribution in [1.29, 1.82) is 0 Å². The summed E-state index contributed by atoms with van der Waals surface area (Å²) in [5.74, 6) is 0. The van der Waals surface area contributed by atoms with Crippen LogP contribution in [0.5, 0.6) is 0 Å². The molecular formula is C15H10F9N3O. The summed E-state index contributed by atoms with van der Waals surface area (Å²) in [6.45, 7) is 0. The number of alkyl halides is 9. The molecule has 0 N–H and O–H groups in total. The molecule has 0 bridgehead atoms. The first-order valence-corrected chi connectivity index (χ1v) is 7.21. The summed E-state index contributed by atoms with van der Waals surface area (Å²) in [5, 5.41) is 0. The van der Waals surface area contributed by atoms with Crippen molar-refractivity contribution in [3.05, 3.63) is 57.1 Å². The standard InChI is InChI=1S/C15H10F9N3O/c1-26-10(15(22,23)24)6-11(28)27(2)12(26)25-9-4-3-7(13(16,17)18)5-8(9)14(19,20)21/h3-6H,1-2H3. The van der Waals surface area contributed by atoms with Crippen LogP contribution < -0.4 is 11.2 Å². The van der Waals surface area contributed by atoms with Crippen molar-refractivity contribution >= 4 is 5.69 Å². The minimum atomic E-state index is -5.28. The zero-order chi connectivity index (χ0) is 21.7. The molecule has 0 saturated carbocycles. The van der Waals surface area contributed by atoms with Crippen LogP contribution in [0.25, 0.3) is 0 Å². The van der Waals surface area contributed by atoms with Gasteiger partial charge in [0.1, 0.15) is 5.69 Å². The summed E-state index contributed by atoms with van der Waals surface area (Å²) in [7, 11) is 1.76. The molecule has 0 aliphatic carbocycles. The van der Waals surface area contributed by atoms with Gasteiger partial charge in [-0.25, -0.2) is 4.99 Å². The minimum absolute atomic E-state index is 0.204. The second kappa shape index (κ2) is 6.71. The highest BCUT2D eigenvalue weighted by molar-refractivity contribution is 5.50. The highest BCUT2D eigenvalue weighted by atomic mass is 19.4. The lowest BCUT2D eigenvalue weighted by Crippen LogP contribution is -2.40. The Bertz CT molecular complexity index is 1020. The van der Waals surface area contributed by atoms with Gasteiger partial charge in [-0.05, 0) is 18.2 Å². The van der Waals surface area contributed by atoms with Gasteiger partial charge in [0.15, 0.2) is 0 Å². The van der Waals surface area contributed by atoms with E-state index < -0.39 is 52.2 Å². The van der Waals surface area contributed by atoms with Crippen LogP contribution in [0, 0.1) is 0 Å². The monoisotopic (exact) mass is 419 g/mol. The molecule has 0 atom stereocenters. The third-order valence-corrected chi connectivity index (χ3v) is 3.69. The molecule has 1 aromatic heterocycles. The van der Waals surface area contributed by atoms with Gasteiger partial charge in [0.25, 0.3) is 5.56 Å². The Morgan fingerprint density at radius 3 is 1.82 bits per heavy atom. The van der Waals surface area contributed by atoms with Gasteiger partial charge in [-0.2, -0.15) is 39.5 Å². The van der Waals surface area contributed by atoms with Crippen LogP contribution >= 0.6 is 0 Å². The predicted molar refractivity (Wildman–Crippen MR) is 77.3 cm³/mol. The van der Waals surface area contributed by atoms with Crippen molar-refractivity contribution in [3.63, 3.8) is 0 Å². The smallest absolute Gasteiger partial charge is 0.310 e. The minimum Gasteiger partial charge on any atom is -0.310 e. The van der Waals surface area contributed by atoms with Crippen molar-refractivity contribution < 1.29 is 39.5 Å². The topological polar surface area (TPSA) is 39.3 Å². The third kappa shape index (κ3) is 4.22. The van der Waals surface area contributed by atoms with Gasteiger partial charge in [-0.1, -0.05) is 0 Å². The van der Waals surface area contributed by atoms with E-state index in [-0.39, 0.29) is 12.1 Å². The number of benzene rings is 1. The molecule has 0 unspecified atom stereocenters. The van der Waals surface area contributed by atoms with E-state index in [0.29, 0.717) is 21.3 Å². The summed E-state index contributed by atoms with van der Waals surface area (Å²) in [5.41, 5.74) is -8.05. The SMILES string of the molecule is Cn1c(C(F)(F)F)cc(=O)n(C)c1=Nc1ccc(C(F)(F)F)cc1C(F)(F)F. The fraction of sp³-hybridized carbons (Fsp3) is 0.333. The average Bonchev–Trinajstić information content (AvgIpc) is 2.52. The Hall–Kier alpha value is -2.73. The molecule has 0 aliphatic rings. The third-order valence-electron chi connectivity index (χ3n) is 3.69. The van der Waals surface area contributed by atoms with Crippen LogP contribution in [0.3, 0.4) is 0 Å². The summed E-state index contributed by atoms with van der Waals surface area (Å²) >= 11 is 0. The summed E-state index contributed by atoms with van der Waals surface area (Å²) < 4.78 is 118. The molecule has 0 amide bonds. The molecule has 0 spiro atoms. The van der Waals surface area contributed by atoms with Gasteiger partial charge in [0, 0.05) is 20.2 Å². The van der Waals surface area contributed by atoms with Crippen molar-refractivity contribution in [2.75, 3.05) is 0 Å². The van der Waals surface area contributed by atoms with Crippen molar-refractivity contribution in [1.82, 2.24) is 9.13 Å². The van der Waals surface area contributed by atoms with Gasteiger partial charge in [0.05, 0.1) is 16.8 Å². The Morgan fingerprint density at radius 2 is 1.36 bits per heavy atom. The average molecular weight is 419 g/mol. The van der Waals surface area contributed by atoms with E-state index in [2.05, 4.69) is 4.99 Å². The first kappa shape index (κ1) is 21.6. The second-order valence-electron chi connectivity index (χ2n) is 5.62. The number of halogens is 9. The Labute approximate surface area is 150 Å². The maximum atomic E-state index is 13.2. The van der Waals surface area contributed by atoms with E-state index >= 15 is 0 Å². The lowest BCUT2D eigenvalue weighted by molar-refractivity contribution is -0.145. The van der Waals surface area contributed by atoms with Crippen molar-refractivity contribution in [3.8, 4) is 0 Å². The van der Waals surface area contributed by atoms with Gasteiger partial charge in [0.2, 0.25) is 5.62 Å². The molecule has 1 aromatic carbocycles. The van der Waals surface area contributed by atoms with Crippen LogP contribution in [0.2, 0.25) is 0 Å². The van der Waals surface area contributed by atoms with Crippen LogP contribution in [-0.4, -0.2) is 9.13 Å². The summed E-state index contributed by atoms with van der Waals surface area (Å²) in [4.78, 5) is 15.1. The number of hydrogen-bond acceptors (Lipinski definition) is 2. The molecule has 28 heavy (non-hydrogen) atoms. The lowest BCUT2D eigenvalue weighted by atomic mass is 10.1.